The van der Waals surface area contributed by atoms with E-state index in [9.17, 15) is 14.3 Å². The Morgan fingerprint density at radius 2 is 1.97 bits per heavy atom. The van der Waals surface area contributed by atoms with Crippen LogP contribution in [-0.4, -0.2) is 35.4 Å². The third-order valence-electron chi connectivity index (χ3n) is 5.14. The summed E-state index contributed by atoms with van der Waals surface area (Å²) in [5.74, 6) is 0.120. The van der Waals surface area contributed by atoms with Gasteiger partial charge in [-0.25, -0.2) is 4.39 Å². The van der Waals surface area contributed by atoms with Gasteiger partial charge in [0.15, 0.2) is 6.23 Å². The van der Waals surface area contributed by atoms with Gasteiger partial charge in [0, 0.05) is 31.6 Å². The van der Waals surface area contributed by atoms with Gasteiger partial charge in [-0.2, -0.15) is 0 Å². The topological polar surface area (TPSA) is 78.6 Å². The van der Waals surface area contributed by atoms with Crippen molar-refractivity contribution in [3.8, 4) is 0 Å². The molecule has 2 N–H and O–H groups in total. The van der Waals surface area contributed by atoms with Crippen LogP contribution >= 0.6 is 0 Å². The molecule has 1 aromatic heterocycles. The Balaban J connectivity index is 1.48. The second-order valence-electron chi connectivity index (χ2n) is 7.17. The Bertz CT molecular complexity index is 992. The highest BCUT2D eigenvalue weighted by Gasteiger charge is 2.37. The highest BCUT2D eigenvalue weighted by Crippen LogP contribution is 2.28. The number of aromatic nitrogens is 1. The van der Waals surface area contributed by atoms with Crippen LogP contribution < -0.4 is 10.2 Å². The first-order valence-corrected chi connectivity index (χ1v) is 9.46. The maximum absolute atomic E-state index is 14.9. The Hall–Kier alpha value is -3.03. The molecule has 6 nitrogen and oxygen atoms in total. The first-order chi connectivity index (χ1) is 14.0. The zero-order valence-electron chi connectivity index (χ0n) is 16.0. The van der Waals surface area contributed by atoms with E-state index in [2.05, 4.69) is 10.5 Å². The number of halogens is 1. The molecule has 2 heterocycles. The lowest BCUT2D eigenvalue weighted by Gasteiger charge is -2.25. The fourth-order valence-corrected chi connectivity index (χ4v) is 3.59. The summed E-state index contributed by atoms with van der Waals surface area (Å²) in [4.78, 5) is 14.2. The number of benzene rings is 2. The molecule has 2 unspecified atom stereocenters. The van der Waals surface area contributed by atoms with Gasteiger partial charge >= 0.3 is 0 Å². The first kappa shape index (κ1) is 19.3. The smallest absolute Gasteiger partial charge is 0.246 e. The molecule has 4 rings (SSSR count). The van der Waals surface area contributed by atoms with Crippen molar-refractivity contribution in [3.63, 3.8) is 0 Å². The Labute approximate surface area is 167 Å². The second-order valence-corrected chi connectivity index (χ2v) is 7.17. The van der Waals surface area contributed by atoms with Crippen LogP contribution in [0.3, 0.4) is 0 Å². The lowest BCUT2D eigenvalue weighted by atomic mass is 10.0. The van der Waals surface area contributed by atoms with Crippen molar-refractivity contribution in [2.75, 3.05) is 11.9 Å². The fraction of sp³-hybridized carbons (Fsp3) is 0.273. The number of nitrogens with zero attached hydrogens (tertiary/aromatic N) is 2. The summed E-state index contributed by atoms with van der Waals surface area (Å²) in [5.41, 5.74) is 2.67. The van der Waals surface area contributed by atoms with Crippen molar-refractivity contribution in [2.45, 2.75) is 31.3 Å². The van der Waals surface area contributed by atoms with E-state index in [0.29, 0.717) is 17.9 Å². The summed E-state index contributed by atoms with van der Waals surface area (Å²) in [6.07, 6.45) is -2.22. The van der Waals surface area contributed by atoms with E-state index in [1.165, 1.54) is 4.90 Å². The van der Waals surface area contributed by atoms with Gasteiger partial charge in [0.25, 0.3) is 0 Å². The van der Waals surface area contributed by atoms with E-state index in [0.717, 1.165) is 11.1 Å². The molecule has 0 saturated carbocycles. The summed E-state index contributed by atoms with van der Waals surface area (Å²) >= 11 is 0. The number of likely N-dealkylation sites (N-methyl/N-ethyl adjacent to an activating group) is 1. The zero-order valence-corrected chi connectivity index (χ0v) is 16.0. The Morgan fingerprint density at radius 3 is 2.76 bits per heavy atom. The minimum absolute atomic E-state index is 0.0781. The number of carbonyl (C=O) groups excluding carboxylic acids is 1. The van der Waals surface area contributed by atoms with E-state index in [1.54, 1.807) is 25.2 Å². The maximum Gasteiger partial charge on any atom is 0.246 e. The third kappa shape index (κ3) is 4.06. The van der Waals surface area contributed by atoms with Crippen molar-refractivity contribution < 1.29 is 18.8 Å². The number of amides is 1. The summed E-state index contributed by atoms with van der Waals surface area (Å²) in [6.45, 7) is 0. The highest BCUT2D eigenvalue weighted by atomic mass is 19.1. The van der Waals surface area contributed by atoms with Crippen LogP contribution in [0.25, 0.3) is 0 Å². The quantitative estimate of drug-likeness (QED) is 0.650. The molecule has 29 heavy (non-hydrogen) atoms. The fourth-order valence-electron chi connectivity index (χ4n) is 3.59. The van der Waals surface area contributed by atoms with Gasteiger partial charge in [-0.1, -0.05) is 53.7 Å². The molecule has 1 aliphatic rings. The molecular weight excluding hydrogens is 373 g/mol. The number of fused-ring (bicyclic) bond motifs is 1. The molecule has 0 aliphatic carbocycles. The number of para-hydroxylation sites is 1. The standard InChI is InChI=1S/C22H22FN3O3/c1-26-19-10-6-5-9-15(19)12-17(23)20(22(26)28)24-21(27)18-13-16(29-25-18)11-14-7-3-2-4-8-14/h2-10,13,17,20-21,24,27H,11-12H2,1H3/t17-,20?,21?/m1/s1. The molecule has 0 bridgehead atoms. The molecule has 7 heteroatoms. The van der Waals surface area contributed by atoms with E-state index >= 15 is 0 Å². The van der Waals surface area contributed by atoms with Gasteiger partial charge in [0.05, 0.1) is 0 Å². The molecule has 0 spiro atoms. The monoisotopic (exact) mass is 395 g/mol. The number of nitrogens with one attached hydrogen (secondary N) is 1. The van der Waals surface area contributed by atoms with Crippen molar-refractivity contribution in [1.82, 2.24) is 10.5 Å². The predicted molar refractivity (Wildman–Crippen MR) is 106 cm³/mol. The van der Waals surface area contributed by atoms with Crippen molar-refractivity contribution in [3.05, 3.63) is 83.2 Å². The van der Waals surface area contributed by atoms with Gasteiger partial charge in [-0.3, -0.25) is 10.1 Å². The highest BCUT2D eigenvalue weighted by molar-refractivity contribution is 5.98. The van der Waals surface area contributed by atoms with Gasteiger partial charge in [-0.15, -0.1) is 0 Å². The van der Waals surface area contributed by atoms with Crippen LogP contribution in [0, 0.1) is 0 Å². The number of carbonyl (C=O) groups is 1. The summed E-state index contributed by atoms with van der Waals surface area (Å²) < 4.78 is 20.2. The van der Waals surface area contributed by atoms with Crippen LogP contribution in [-0.2, 0) is 17.6 Å². The predicted octanol–water partition coefficient (Wildman–Crippen LogP) is 2.77. The van der Waals surface area contributed by atoms with Crippen LogP contribution in [0.2, 0.25) is 0 Å². The average molecular weight is 395 g/mol. The molecule has 0 radical (unpaired) electrons. The molecule has 3 aromatic rings. The van der Waals surface area contributed by atoms with Crippen molar-refractivity contribution in [2.24, 2.45) is 0 Å². The van der Waals surface area contributed by atoms with Crippen LogP contribution in [0.1, 0.15) is 28.8 Å². The summed E-state index contributed by atoms with van der Waals surface area (Å²) in [6, 6.07) is 17.3. The van der Waals surface area contributed by atoms with Crippen molar-refractivity contribution >= 4 is 11.6 Å². The third-order valence-corrected chi connectivity index (χ3v) is 5.14. The van der Waals surface area contributed by atoms with Crippen LogP contribution in [0.5, 0.6) is 0 Å². The van der Waals surface area contributed by atoms with E-state index in [-0.39, 0.29) is 12.1 Å². The lowest BCUT2D eigenvalue weighted by Crippen LogP contribution is -2.50. The maximum atomic E-state index is 14.9. The summed E-state index contributed by atoms with van der Waals surface area (Å²) in [7, 11) is 1.61. The number of anilines is 1. The normalized spacial score (nSPS) is 20.2. The number of aliphatic hydroxyl groups is 1. The number of rotatable bonds is 5. The van der Waals surface area contributed by atoms with Gasteiger partial charge < -0.3 is 14.5 Å². The molecular formula is C22H22FN3O3. The van der Waals surface area contributed by atoms with Crippen LogP contribution in [0.15, 0.2) is 65.2 Å². The first-order valence-electron chi connectivity index (χ1n) is 9.46. The molecule has 150 valence electrons. The Morgan fingerprint density at radius 1 is 1.24 bits per heavy atom. The summed E-state index contributed by atoms with van der Waals surface area (Å²) in [5, 5.41) is 17.1. The van der Waals surface area contributed by atoms with Crippen LogP contribution in [0.4, 0.5) is 10.1 Å². The molecule has 2 aromatic carbocycles. The Kier molecular flexibility index (Phi) is 5.42. The largest absolute Gasteiger partial charge is 0.372 e. The van der Waals surface area contributed by atoms with Crippen molar-refractivity contribution in [1.29, 1.82) is 0 Å². The number of alkyl halides is 1. The van der Waals surface area contributed by atoms with E-state index < -0.39 is 24.3 Å². The lowest BCUT2D eigenvalue weighted by molar-refractivity contribution is -0.122. The SMILES string of the molecule is CN1C(=O)C(NC(O)c2cc(Cc3ccccc3)on2)[C@H](F)Cc2ccccc21. The van der Waals surface area contributed by atoms with Gasteiger partial charge in [0.1, 0.15) is 23.7 Å². The van der Waals surface area contributed by atoms with E-state index in [4.69, 9.17) is 4.52 Å². The minimum atomic E-state index is -1.49. The molecule has 3 atom stereocenters. The molecule has 0 fully saturated rings. The van der Waals surface area contributed by atoms with Gasteiger partial charge in [-0.05, 0) is 17.2 Å². The second kappa shape index (κ2) is 8.14. The number of aliphatic hydroxyl groups excluding tert-OH is 1. The molecule has 1 amide bonds. The van der Waals surface area contributed by atoms with Gasteiger partial charge in [0.2, 0.25) is 5.91 Å². The molecule has 0 saturated heterocycles. The zero-order chi connectivity index (χ0) is 20.4. The number of hydrogen-bond donors (Lipinski definition) is 2. The average Bonchev–Trinajstić information content (AvgIpc) is 3.17. The number of hydrogen-bond acceptors (Lipinski definition) is 5. The van der Waals surface area contributed by atoms with E-state index in [1.807, 2.05) is 42.5 Å². The molecule has 1 aliphatic heterocycles. The minimum Gasteiger partial charge on any atom is -0.372 e.